The van der Waals surface area contributed by atoms with Crippen LogP contribution in [0.1, 0.15) is 64.2 Å². The topological polar surface area (TPSA) is 23.5 Å². The Morgan fingerprint density at radius 3 is 1.56 bits per heavy atom. The van der Waals surface area contributed by atoms with E-state index in [4.69, 9.17) is 0 Å². The van der Waals surface area contributed by atoms with Gasteiger partial charge in [-0.3, -0.25) is 0 Å². The van der Waals surface area contributed by atoms with E-state index >= 15 is 0 Å². The number of hydrogen-bond acceptors (Lipinski definition) is 2. The van der Waals surface area contributed by atoms with E-state index in [1.165, 1.54) is 64.2 Å². The molecule has 2 nitrogen and oxygen atoms in total. The molecule has 92 valence electrons. The largest absolute Gasteiger partial charge is 0.313 e. The molecule has 4 atom stereocenters. The van der Waals surface area contributed by atoms with Crippen LogP contribution in [0, 0.1) is 11.8 Å². The van der Waals surface area contributed by atoms with Crippen molar-refractivity contribution in [1.29, 1.82) is 0 Å². The zero-order valence-electron chi connectivity index (χ0n) is 10.3. The summed E-state index contributed by atoms with van der Waals surface area (Å²) in [6.07, 6.45) is 13.4. The highest BCUT2D eigenvalue weighted by atomic mass is 16.5. The molecule has 16 heavy (non-hydrogen) atoms. The van der Waals surface area contributed by atoms with Crippen LogP contribution in [0.2, 0.25) is 0 Å². The van der Waals surface area contributed by atoms with Gasteiger partial charge in [-0.1, -0.05) is 25.7 Å². The number of fused-ring (bicyclic) bond motifs is 2. The Labute approximate surface area is 99.0 Å². The summed E-state index contributed by atoms with van der Waals surface area (Å²) in [5.41, 5.74) is 0. The molecule has 1 saturated heterocycles. The minimum Gasteiger partial charge on any atom is -0.313 e. The molecule has 4 unspecified atom stereocenters. The first-order valence-electron chi connectivity index (χ1n) is 7.33. The van der Waals surface area contributed by atoms with Crippen molar-refractivity contribution in [3.8, 4) is 0 Å². The van der Waals surface area contributed by atoms with Crippen LogP contribution in [0.5, 0.6) is 0 Å². The normalized spacial score (nSPS) is 45.6. The predicted molar refractivity (Wildman–Crippen MR) is 64.4 cm³/mol. The van der Waals surface area contributed by atoms with Crippen molar-refractivity contribution in [2.75, 3.05) is 0 Å². The molecule has 3 rings (SSSR count). The third-order valence-electron chi connectivity index (χ3n) is 5.33. The SMILES string of the molecule is ON1C2CCCCC2CCC2CCCCC21. The molecule has 1 heterocycles. The molecule has 0 aromatic carbocycles. The molecule has 1 aliphatic heterocycles. The number of rotatable bonds is 0. The molecule has 2 aliphatic carbocycles. The van der Waals surface area contributed by atoms with Crippen LogP contribution in [-0.4, -0.2) is 22.4 Å². The van der Waals surface area contributed by atoms with Crippen molar-refractivity contribution in [1.82, 2.24) is 5.06 Å². The highest BCUT2D eigenvalue weighted by molar-refractivity contribution is 4.91. The van der Waals surface area contributed by atoms with Gasteiger partial charge in [-0.2, -0.15) is 5.06 Å². The van der Waals surface area contributed by atoms with E-state index in [0.29, 0.717) is 12.1 Å². The molecule has 0 radical (unpaired) electrons. The van der Waals surface area contributed by atoms with E-state index in [-0.39, 0.29) is 0 Å². The van der Waals surface area contributed by atoms with E-state index in [1.807, 2.05) is 5.06 Å². The van der Waals surface area contributed by atoms with Crippen molar-refractivity contribution >= 4 is 0 Å². The second-order valence-electron chi connectivity index (χ2n) is 6.18. The Morgan fingerprint density at radius 2 is 1.06 bits per heavy atom. The van der Waals surface area contributed by atoms with Gasteiger partial charge in [0.1, 0.15) is 0 Å². The summed E-state index contributed by atoms with van der Waals surface area (Å²) in [5, 5.41) is 12.3. The van der Waals surface area contributed by atoms with Gasteiger partial charge in [-0.15, -0.1) is 0 Å². The highest BCUT2D eigenvalue weighted by Crippen LogP contribution is 2.42. The van der Waals surface area contributed by atoms with Crippen LogP contribution in [0.25, 0.3) is 0 Å². The number of nitrogens with zero attached hydrogens (tertiary/aromatic N) is 1. The minimum absolute atomic E-state index is 0.502. The van der Waals surface area contributed by atoms with E-state index in [9.17, 15) is 5.21 Å². The van der Waals surface area contributed by atoms with Gasteiger partial charge in [0.25, 0.3) is 0 Å². The van der Waals surface area contributed by atoms with E-state index in [0.717, 1.165) is 11.8 Å². The third kappa shape index (κ3) is 1.91. The lowest BCUT2D eigenvalue weighted by Gasteiger charge is -2.40. The Hall–Kier alpha value is -0.0800. The van der Waals surface area contributed by atoms with Gasteiger partial charge >= 0.3 is 0 Å². The molecule has 0 aromatic heterocycles. The summed E-state index contributed by atoms with van der Waals surface area (Å²) >= 11 is 0. The fraction of sp³-hybridized carbons (Fsp3) is 1.00. The van der Waals surface area contributed by atoms with Crippen molar-refractivity contribution in [2.24, 2.45) is 11.8 Å². The summed E-state index contributed by atoms with van der Waals surface area (Å²) in [6, 6.07) is 1.00. The molecule has 3 fully saturated rings. The Kier molecular flexibility index (Phi) is 3.21. The van der Waals surface area contributed by atoms with Gasteiger partial charge < -0.3 is 5.21 Å². The molecular formula is C14H25NO. The Morgan fingerprint density at radius 1 is 0.625 bits per heavy atom. The van der Waals surface area contributed by atoms with Crippen molar-refractivity contribution in [3.63, 3.8) is 0 Å². The third-order valence-corrected chi connectivity index (χ3v) is 5.33. The second-order valence-corrected chi connectivity index (χ2v) is 6.18. The maximum atomic E-state index is 10.5. The summed E-state index contributed by atoms with van der Waals surface area (Å²) in [4.78, 5) is 0. The predicted octanol–water partition coefficient (Wildman–Crippen LogP) is 3.59. The zero-order valence-corrected chi connectivity index (χ0v) is 10.3. The number of hydroxylamine groups is 2. The lowest BCUT2D eigenvalue weighted by Crippen LogP contribution is -2.47. The molecule has 0 bridgehead atoms. The van der Waals surface area contributed by atoms with Crippen LogP contribution in [0.3, 0.4) is 0 Å². The van der Waals surface area contributed by atoms with Gasteiger partial charge in [0.2, 0.25) is 0 Å². The first kappa shape index (κ1) is 11.0. The number of hydrogen-bond donors (Lipinski definition) is 1. The molecule has 0 spiro atoms. The minimum atomic E-state index is 0.502. The van der Waals surface area contributed by atoms with E-state index in [2.05, 4.69) is 0 Å². The Balaban J connectivity index is 1.78. The molecular weight excluding hydrogens is 198 g/mol. The fourth-order valence-corrected chi connectivity index (χ4v) is 4.42. The van der Waals surface area contributed by atoms with Crippen LogP contribution in [0.15, 0.2) is 0 Å². The van der Waals surface area contributed by atoms with Gasteiger partial charge in [0.05, 0.1) is 0 Å². The van der Waals surface area contributed by atoms with Crippen LogP contribution in [0.4, 0.5) is 0 Å². The quantitative estimate of drug-likeness (QED) is 0.678. The smallest absolute Gasteiger partial charge is 0.0381 e. The standard InChI is InChI=1S/C14H25NO/c16-15-13-7-3-1-5-11(13)9-10-12-6-2-4-8-14(12)15/h11-14,16H,1-10H2. The summed E-state index contributed by atoms with van der Waals surface area (Å²) < 4.78 is 0. The van der Waals surface area contributed by atoms with Gasteiger partial charge in [-0.05, 0) is 50.4 Å². The zero-order chi connectivity index (χ0) is 11.0. The summed E-state index contributed by atoms with van der Waals surface area (Å²) in [7, 11) is 0. The van der Waals surface area contributed by atoms with Gasteiger partial charge in [0, 0.05) is 12.1 Å². The molecule has 1 N–H and O–H groups in total. The molecule has 2 heteroatoms. The van der Waals surface area contributed by atoms with E-state index in [1.54, 1.807) is 0 Å². The van der Waals surface area contributed by atoms with Crippen molar-refractivity contribution in [3.05, 3.63) is 0 Å². The van der Waals surface area contributed by atoms with E-state index < -0.39 is 0 Å². The van der Waals surface area contributed by atoms with Crippen molar-refractivity contribution in [2.45, 2.75) is 76.3 Å². The monoisotopic (exact) mass is 223 g/mol. The molecule has 0 aromatic rings. The average Bonchev–Trinajstić information content (AvgIpc) is 2.49. The van der Waals surface area contributed by atoms with Crippen LogP contribution >= 0.6 is 0 Å². The molecule has 2 saturated carbocycles. The maximum Gasteiger partial charge on any atom is 0.0381 e. The maximum absolute atomic E-state index is 10.5. The van der Waals surface area contributed by atoms with Crippen LogP contribution in [-0.2, 0) is 0 Å². The van der Waals surface area contributed by atoms with Crippen LogP contribution < -0.4 is 0 Å². The summed E-state index contributed by atoms with van der Waals surface area (Å²) in [6.45, 7) is 0. The highest BCUT2D eigenvalue weighted by Gasteiger charge is 2.40. The lowest BCUT2D eigenvalue weighted by atomic mass is 9.80. The first-order chi connectivity index (χ1) is 7.86. The average molecular weight is 223 g/mol. The van der Waals surface area contributed by atoms with Gasteiger partial charge in [0.15, 0.2) is 0 Å². The van der Waals surface area contributed by atoms with Crippen molar-refractivity contribution < 1.29 is 5.21 Å². The van der Waals surface area contributed by atoms with Gasteiger partial charge in [-0.25, -0.2) is 0 Å². The Bertz CT molecular complexity index is 219. The first-order valence-corrected chi connectivity index (χ1v) is 7.33. The summed E-state index contributed by atoms with van der Waals surface area (Å²) in [5.74, 6) is 1.59. The molecule has 3 aliphatic rings. The lowest BCUT2D eigenvalue weighted by molar-refractivity contribution is -0.189. The molecule has 0 amide bonds. The second kappa shape index (κ2) is 4.66. The fourth-order valence-electron chi connectivity index (χ4n) is 4.42.